The highest BCUT2D eigenvalue weighted by atomic mass is 16.2. The number of carbonyl (C=O) groups is 1. The average molecular weight is 321 g/mol. The van der Waals surface area contributed by atoms with Gasteiger partial charge in [-0.25, -0.2) is 0 Å². The zero-order valence-corrected chi connectivity index (χ0v) is 13.6. The molecule has 6 heteroatoms. The number of fused-ring (bicyclic) bond motifs is 1. The Labute approximate surface area is 140 Å². The first kappa shape index (κ1) is 14.8. The topological polar surface area (TPSA) is 63.9 Å². The first-order chi connectivity index (χ1) is 11.7. The third-order valence-corrected chi connectivity index (χ3v) is 4.68. The van der Waals surface area contributed by atoms with Gasteiger partial charge in [0.2, 0.25) is 0 Å². The first-order valence-electron chi connectivity index (χ1n) is 8.20. The number of aromatic nitrogens is 4. The largest absolute Gasteiger partial charge is 0.337 e. The van der Waals surface area contributed by atoms with Gasteiger partial charge >= 0.3 is 0 Å². The number of aryl methyl sites for hydroxylation is 1. The molecule has 0 aliphatic carbocycles. The van der Waals surface area contributed by atoms with E-state index in [1.807, 2.05) is 23.2 Å². The van der Waals surface area contributed by atoms with E-state index in [-0.39, 0.29) is 11.8 Å². The van der Waals surface area contributed by atoms with E-state index >= 15 is 0 Å². The van der Waals surface area contributed by atoms with E-state index in [0.717, 1.165) is 36.0 Å². The molecule has 0 N–H and O–H groups in total. The van der Waals surface area contributed by atoms with Crippen LogP contribution in [0.1, 0.15) is 34.9 Å². The zero-order chi connectivity index (χ0) is 16.5. The number of pyridine rings is 2. The lowest BCUT2D eigenvalue weighted by atomic mass is 9.93. The van der Waals surface area contributed by atoms with Crippen molar-refractivity contribution in [3.05, 3.63) is 54.2 Å². The van der Waals surface area contributed by atoms with E-state index in [1.165, 1.54) is 0 Å². The summed E-state index contributed by atoms with van der Waals surface area (Å²) in [4.78, 5) is 23.6. The molecule has 0 saturated carbocycles. The fourth-order valence-corrected chi connectivity index (χ4v) is 3.35. The van der Waals surface area contributed by atoms with Gasteiger partial charge in [-0.05, 0) is 37.1 Å². The third kappa shape index (κ3) is 2.64. The van der Waals surface area contributed by atoms with Gasteiger partial charge in [0.1, 0.15) is 5.69 Å². The molecule has 1 aliphatic heterocycles. The molecule has 1 fully saturated rings. The average Bonchev–Trinajstić information content (AvgIpc) is 3.07. The maximum atomic E-state index is 12.7. The Balaban J connectivity index is 1.57. The van der Waals surface area contributed by atoms with Crippen molar-refractivity contribution in [3.63, 3.8) is 0 Å². The van der Waals surface area contributed by atoms with E-state index in [9.17, 15) is 4.79 Å². The summed E-state index contributed by atoms with van der Waals surface area (Å²) in [5, 5.41) is 5.13. The normalized spacial score (nSPS) is 18.0. The summed E-state index contributed by atoms with van der Waals surface area (Å²) in [6.45, 7) is 1.47. The Morgan fingerprint density at radius 2 is 2.17 bits per heavy atom. The fourth-order valence-electron chi connectivity index (χ4n) is 3.35. The van der Waals surface area contributed by atoms with E-state index < -0.39 is 0 Å². The zero-order valence-electron chi connectivity index (χ0n) is 13.6. The number of carbonyl (C=O) groups excluding carboxylic acids is 1. The summed E-state index contributed by atoms with van der Waals surface area (Å²) >= 11 is 0. The number of piperidine rings is 1. The number of hydrogen-bond acceptors (Lipinski definition) is 4. The maximum Gasteiger partial charge on any atom is 0.272 e. The highest BCUT2D eigenvalue weighted by Crippen LogP contribution is 2.27. The van der Waals surface area contributed by atoms with Gasteiger partial charge in [0, 0.05) is 55.7 Å². The molecule has 6 nitrogen and oxygen atoms in total. The molecule has 1 amide bonds. The lowest BCUT2D eigenvalue weighted by molar-refractivity contribution is 0.0695. The number of hydrogen-bond donors (Lipinski definition) is 0. The Bertz CT molecular complexity index is 888. The van der Waals surface area contributed by atoms with Gasteiger partial charge in [0.15, 0.2) is 0 Å². The van der Waals surface area contributed by atoms with Crippen molar-refractivity contribution in [2.24, 2.45) is 7.05 Å². The van der Waals surface area contributed by atoms with Gasteiger partial charge < -0.3 is 4.90 Å². The van der Waals surface area contributed by atoms with Gasteiger partial charge in [-0.15, -0.1) is 0 Å². The molecule has 0 spiro atoms. The van der Waals surface area contributed by atoms with Crippen LogP contribution in [0.2, 0.25) is 0 Å². The molecule has 0 radical (unpaired) electrons. The minimum atomic E-state index is 0.0404. The van der Waals surface area contributed by atoms with Crippen LogP contribution in [0.3, 0.4) is 0 Å². The molecule has 4 rings (SSSR count). The van der Waals surface area contributed by atoms with E-state index in [2.05, 4.69) is 21.1 Å². The summed E-state index contributed by atoms with van der Waals surface area (Å²) in [7, 11) is 1.80. The van der Waals surface area contributed by atoms with Crippen LogP contribution >= 0.6 is 0 Å². The molecular weight excluding hydrogens is 302 g/mol. The first-order valence-corrected chi connectivity index (χ1v) is 8.20. The van der Waals surface area contributed by atoms with E-state index in [1.54, 1.807) is 30.2 Å². The van der Waals surface area contributed by atoms with Crippen LogP contribution in [0.15, 0.2) is 42.9 Å². The SMILES string of the molecule is Cn1nccc1C(=O)N1CCCC(c2cc3ncccc3cn2)C1. The molecule has 0 bridgehead atoms. The Kier molecular flexibility index (Phi) is 3.72. The summed E-state index contributed by atoms with van der Waals surface area (Å²) < 4.78 is 1.63. The molecule has 24 heavy (non-hydrogen) atoms. The predicted molar refractivity (Wildman–Crippen MR) is 90.6 cm³/mol. The lowest BCUT2D eigenvalue weighted by Crippen LogP contribution is -2.40. The Morgan fingerprint density at radius 3 is 3.00 bits per heavy atom. The van der Waals surface area contributed by atoms with Crippen molar-refractivity contribution < 1.29 is 4.79 Å². The van der Waals surface area contributed by atoms with Crippen LogP contribution in [-0.2, 0) is 7.05 Å². The van der Waals surface area contributed by atoms with Crippen LogP contribution in [0.5, 0.6) is 0 Å². The predicted octanol–water partition coefficient (Wildman–Crippen LogP) is 2.38. The second kappa shape index (κ2) is 6.03. The number of nitrogens with zero attached hydrogens (tertiary/aromatic N) is 5. The van der Waals surface area contributed by atoms with Crippen LogP contribution in [0.25, 0.3) is 10.9 Å². The van der Waals surface area contributed by atoms with Gasteiger partial charge in [-0.3, -0.25) is 19.4 Å². The molecule has 3 aromatic rings. The molecular formula is C18H19N5O. The fraction of sp³-hybridized carbons (Fsp3) is 0.333. The van der Waals surface area contributed by atoms with Crippen molar-refractivity contribution >= 4 is 16.8 Å². The monoisotopic (exact) mass is 321 g/mol. The quantitative estimate of drug-likeness (QED) is 0.727. The van der Waals surface area contributed by atoms with Crippen molar-refractivity contribution in [1.82, 2.24) is 24.6 Å². The maximum absolute atomic E-state index is 12.7. The molecule has 0 aromatic carbocycles. The summed E-state index contributed by atoms with van der Waals surface area (Å²) in [6, 6.07) is 7.75. The highest BCUT2D eigenvalue weighted by molar-refractivity contribution is 5.92. The Hall–Kier alpha value is -2.76. The van der Waals surface area contributed by atoms with Gasteiger partial charge in [0.25, 0.3) is 5.91 Å². The molecule has 4 heterocycles. The summed E-state index contributed by atoms with van der Waals surface area (Å²) in [5.74, 6) is 0.293. The van der Waals surface area contributed by atoms with Crippen LogP contribution in [-0.4, -0.2) is 43.6 Å². The van der Waals surface area contributed by atoms with Gasteiger partial charge in [-0.2, -0.15) is 5.10 Å². The standard InChI is InChI=1S/C18H19N5O/c1-22-17(6-8-21-22)18(24)23-9-3-5-14(12-23)16-10-15-13(11-20-16)4-2-7-19-15/h2,4,6-8,10-11,14H,3,5,9,12H2,1H3. The van der Waals surface area contributed by atoms with Crippen LogP contribution in [0, 0.1) is 0 Å². The van der Waals surface area contributed by atoms with Gasteiger partial charge in [-0.1, -0.05) is 0 Å². The van der Waals surface area contributed by atoms with Crippen molar-refractivity contribution in [2.45, 2.75) is 18.8 Å². The summed E-state index contributed by atoms with van der Waals surface area (Å²) in [6.07, 6.45) is 7.35. The molecule has 1 atom stereocenters. The second-order valence-electron chi connectivity index (χ2n) is 6.24. The van der Waals surface area contributed by atoms with Crippen molar-refractivity contribution in [1.29, 1.82) is 0 Å². The molecule has 1 unspecified atom stereocenters. The van der Waals surface area contributed by atoms with E-state index in [4.69, 9.17) is 0 Å². The van der Waals surface area contributed by atoms with Gasteiger partial charge in [0.05, 0.1) is 5.52 Å². The smallest absolute Gasteiger partial charge is 0.272 e. The lowest BCUT2D eigenvalue weighted by Gasteiger charge is -2.32. The number of rotatable bonds is 2. The third-order valence-electron chi connectivity index (χ3n) is 4.68. The molecule has 1 aliphatic rings. The highest BCUT2D eigenvalue weighted by Gasteiger charge is 2.27. The minimum absolute atomic E-state index is 0.0404. The molecule has 122 valence electrons. The minimum Gasteiger partial charge on any atom is -0.337 e. The van der Waals surface area contributed by atoms with Crippen LogP contribution in [0.4, 0.5) is 0 Å². The summed E-state index contributed by atoms with van der Waals surface area (Å²) in [5.41, 5.74) is 2.60. The van der Waals surface area contributed by atoms with E-state index in [0.29, 0.717) is 12.2 Å². The second-order valence-corrected chi connectivity index (χ2v) is 6.24. The molecule has 1 saturated heterocycles. The van der Waals surface area contributed by atoms with Crippen LogP contribution < -0.4 is 0 Å². The Morgan fingerprint density at radius 1 is 1.25 bits per heavy atom. The van der Waals surface area contributed by atoms with Crippen molar-refractivity contribution in [2.75, 3.05) is 13.1 Å². The number of amides is 1. The number of likely N-dealkylation sites (tertiary alicyclic amines) is 1. The molecule has 3 aromatic heterocycles. The van der Waals surface area contributed by atoms with Crippen molar-refractivity contribution in [3.8, 4) is 0 Å².